The van der Waals surface area contributed by atoms with E-state index in [2.05, 4.69) is 20.4 Å². The number of aryl methyl sites for hydroxylation is 1. The maximum atomic E-state index is 5.35. The summed E-state index contributed by atoms with van der Waals surface area (Å²) < 4.78 is 8.84. The second-order valence-corrected chi connectivity index (χ2v) is 5.13. The summed E-state index contributed by atoms with van der Waals surface area (Å²) in [4.78, 5) is 0. The van der Waals surface area contributed by atoms with Crippen LogP contribution in [0.25, 0.3) is 22.5 Å². The predicted molar refractivity (Wildman–Crippen MR) is 84.6 cm³/mol. The Morgan fingerprint density at radius 2 is 2.04 bits per heavy atom. The van der Waals surface area contributed by atoms with Gasteiger partial charge in [0.1, 0.15) is 12.1 Å². The number of aromatic nitrogens is 6. The summed E-state index contributed by atoms with van der Waals surface area (Å²) in [6.45, 7) is 1.94. The van der Waals surface area contributed by atoms with E-state index >= 15 is 0 Å². The number of rotatable bonds is 3. The molecule has 0 bridgehead atoms. The summed E-state index contributed by atoms with van der Waals surface area (Å²) >= 11 is 0. The highest BCUT2D eigenvalue weighted by molar-refractivity contribution is 5.83. The zero-order valence-electron chi connectivity index (χ0n) is 12.7. The van der Waals surface area contributed by atoms with E-state index < -0.39 is 0 Å². The smallest absolute Gasteiger partial charge is 0.185 e. The molecule has 0 aliphatic rings. The standard InChI is InChI=1S/C16H14N6O/c1-11-8-14(16-19-17-10-22(16)20-11)13-5-4-12(23-2)9-15(13)21-7-3-6-18-21/h3-10H,1-2H3. The van der Waals surface area contributed by atoms with Gasteiger partial charge in [-0.05, 0) is 31.2 Å². The van der Waals surface area contributed by atoms with E-state index in [1.54, 1.807) is 28.8 Å². The molecule has 7 heteroatoms. The molecule has 0 N–H and O–H groups in total. The highest BCUT2D eigenvalue weighted by atomic mass is 16.5. The molecule has 0 amide bonds. The average Bonchev–Trinajstić information content (AvgIpc) is 3.24. The van der Waals surface area contributed by atoms with Crippen LogP contribution in [-0.2, 0) is 0 Å². The van der Waals surface area contributed by atoms with Crippen molar-refractivity contribution in [3.8, 4) is 22.6 Å². The summed E-state index contributed by atoms with van der Waals surface area (Å²) in [5.74, 6) is 0.766. The monoisotopic (exact) mass is 306 g/mol. The molecule has 0 saturated heterocycles. The number of nitrogens with zero attached hydrogens (tertiary/aromatic N) is 6. The molecular formula is C16H14N6O. The third-order valence-corrected chi connectivity index (χ3v) is 3.64. The molecule has 0 fully saturated rings. The largest absolute Gasteiger partial charge is 0.497 e. The molecule has 23 heavy (non-hydrogen) atoms. The van der Waals surface area contributed by atoms with Gasteiger partial charge in [0.25, 0.3) is 0 Å². The van der Waals surface area contributed by atoms with Crippen LogP contribution < -0.4 is 4.74 Å². The van der Waals surface area contributed by atoms with Gasteiger partial charge in [0, 0.05) is 29.6 Å². The van der Waals surface area contributed by atoms with Crippen LogP contribution in [0.4, 0.5) is 0 Å². The molecule has 114 valence electrons. The van der Waals surface area contributed by atoms with Crippen molar-refractivity contribution in [1.82, 2.24) is 29.6 Å². The van der Waals surface area contributed by atoms with Gasteiger partial charge in [0.2, 0.25) is 0 Å². The van der Waals surface area contributed by atoms with E-state index in [4.69, 9.17) is 4.74 Å². The Morgan fingerprint density at radius 1 is 1.13 bits per heavy atom. The van der Waals surface area contributed by atoms with Gasteiger partial charge in [-0.25, -0.2) is 4.68 Å². The Labute approximate surface area is 132 Å². The molecule has 0 aliphatic heterocycles. The van der Waals surface area contributed by atoms with E-state index in [0.29, 0.717) is 5.65 Å². The minimum Gasteiger partial charge on any atom is -0.497 e. The van der Waals surface area contributed by atoms with Crippen molar-refractivity contribution in [1.29, 1.82) is 0 Å². The Balaban J connectivity index is 2.03. The van der Waals surface area contributed by atoms with Gasteiger partial charge in [0.15, 0.2) is 5.65 Å². The predicted octanol–water partition coefficient (Wildman–Crippen LogP) is 2.29. The molecule has 4 aromatic rings. The molecule has 0 aliphatic carbocycles. The van der Waals surface area contributed by atoms with Crippen molar-refractivity contribution in [3.05, 3.63) is 54.7 Å². The summed E-state index contributed by atoms with van der Waals surface area (Å²) in [7, 11) is 1.65. The van der Waals surface area contributed by atoms with Crippen molar-refractivity contribution in [2.75, 3.05) is 7.11 Å². The minimum absolute atomic E-state index is 0.703. The SMILES string of the molecule is COc1ccc(-c2cc(C)nn3cnnc23)c(-n2cccn2)c1. The molecule has 0 radical (unpaired) electrons. The lowest BCUT2D eigenvalue weighted by Gasteiger charge is -2.12. The lowest BCUT2D eigenvalue weighted by atomic mass is 10.0. The lowest BCUT2D eigenvalue weighted by molar-refractivity contribution is 0.414. The third-order valence-electron chi connectivity index (χ3n) is 3.64. The molecule has 0 atom stereocenters. The molecule has 0 unspecified atom stereocenters. The van der Waals surface area contributed by atoms with Crippen LogP contribution >= 0.6 is 0 Å². The van der Waals surface area contributed by atoms with Crippen molar-refractivity contribution >= 4 is 5.65 Å². The first-order valence-electron chi connectivity index (χ1n) is 7.12. The van der Waals surface area contributed by atoms with Crippen LogP contribution in [0.3, 0.4) is 0 Å². The normalized spacial score (nSPS) is 11.0. The first-order valence-corrected chi connectivity index (χ1v) is 7.12. The van der Waals surface area contributed by atoms with E-state index in [1.807, 2.05) is 43.5 Å². The van der Waals surface area contributed by atoms with Crippen molar-refractivity contribution < 1.29 is 4.74 Å². The zero-order chi connectivity index (χ0) is 15.8. The van der Waals surface area contributed by atoms with Crippen LogP contribution in [0.2, 0.25) is 0 Å². The summed E-state index contributed by atoms with van der Waals surface area (Å²) in [5.41, 5.74) is 4.43. The third kappa shape index (κ3) is 2.22. The Bertz CT molecular complexity index is 974. The van der Waals surface area contributed by atoms with E-state index in [1.165, 1.54) is 0 Å². The summed E-state index contributed by atoms with van der Waals surface area (Å²) in [6, 6.07) is 9.75. The second kappa shape index (κ2) is 5.20. The van der Waals surface area contributed by atoms with Gasteiger partial charge in [-0.1, -0.05) is 0 Å². The van der Waals surface area contributed by atoms with Crippen molar-refractivity contribution in [3.63, 3.8) is 0 Å². The summed E-state index contributed by atoms with van der Waals surface area (Å²) in [6.07, 6.45) is 5.24. The number of ether oxygens (including phenoxy) is 1. The van der Waals surface area contributed by atoms with Crippen molar-refractivity contribution in [2.24, 2.45) is 0 Å². The zero-order valence-corrected chi connectivity index (χ0v) is 12.7. The molecule has 0 saturated carbocycles. The van der Waals surface area contributed by atoms with Gasteiger partial charge in [-0.3, -0.25) is 0 Å². The Hall–Kier alpha value is -3.22. The van der Waals surface area contributed by atoms with Crippen LogP contribution in [0.5, 0.6) is 5.75 Å². The van der Waals surface area contributed by atoms with Gasteiger partial charge in [0.05, 0.1) is 18.5 Å². The molecular weight excluding hydrogens is 292 g/mol. The van der Waals surface area contributed by atoms with Gasteiger partial charge in [-0.2, -0.15) is 14.7 Å². The number of methoxy groups -OCH3 is 1. The van der Waals surface area contributed by atoms with Crippen LogP contribution in [0, 0.1) is 6.92 Å². The highest BCUT2D eigenvalue weighted by Gasteiger charge is 2.15. The molecule has 1 aromatic carbocycles. The number of hydrogen-bond donors (Lipinski definition) is 0. The van der Waals surface area contributed by atoms with Crippen LogP contribution in [0.1, 0.15) is 5.69 Å². The summed E-state index contributed by atoms with van der Waals surface area (Å²) in [5, 5.41) is 16.9. The Kier molecular flexibility index (Phi) is 3.04. The maximum absolute atomic E-state index is 5.35. The molecule has 0 spiro atoms. The maximum Gasteiger partial charge on any atom is 0.185 e. The number of benzene rings is 1. The first-order chi connectivity index (χ1) is 11.3. The van der Waals surface area contributed by atoms with Gasteiger partial charge in [-0.15, -0.1) is 10.2 Å². The molecule has 4 rings (SSSR count). The number of hydrogen-bond acceptors (Lipinski definition) is 5. The fourth-order valence-electron chi connectivity index (χ4n) is 2.62. The Morgan fingerprint density at radius 3 is 2.83 bits per heavy atom. The van der Waals surface area contributed by atoms with Gasteiger partial charge >= 0.3 is 0 Å². The van der Waals surface area contributed by atoms with E-state index in [0.717, 1.165) is 28.3 Å². The number of fused-ring (bicyclic) bond motifs is 1. The molecule has 3 heterocycles. The van der Waals surface area contributed by atoms with Gasteiger partial charge < -0.3 is 4.74 Å². The minimum atomic E-state index is 0.703. The first kappa shape index (κ1) is 13.4. The fourth-order valence-corrected chi connectivity index (χ4v) is 2.62. The fraction of sp³-hybridized carbons (Fsp3) is 0.125. The average molecular weight is 306 g/mol. The quantitative estimate of drug-likeness (QED) is 0.581. The molecule has 3 aromatic heterocycles. The lowest BCUT2D eigenvalue weighted by Crippen LogP contribution is -2.01. The van der Waals surface area contributed by atoms with Crippen molar-refractivity contribution in [2.45, 2.75) is 6.92 Å². The molecule has 7 nitrogen and oxygen atoms in total. The van der Waals surface area contributed by atoms with E-state index in [9.17, 15) is 0 Å². The highest BCUT2D eigenvalue weighted by Crippen LogP contribution is 2.32. The van der Waals surface area contributed by atoms with Crippen LogP contribution in [0.15, 0.2) is 49.1 Å². The van der Waals surface area contributed by atoms with E-state index in [-0.39, 0.29) is 0 Å². The van der Waals surface area contributed by atoms with Crippen LogP contribution in [-0.4, -0.2) is 36.7 Å². The topological polar surface area (TPSA) is 70.1 Å². The second-order valence-electron chi connectivity index (χ2n) is 5.13.